The van der Waals surface area contributed by atoms with E-state index in [1.54, 1.807) is 24.1 Å². The molecule has 0 aromatic heterocycles. The number of ether oxygens (including phenoxy) is 2. The van der Waals surface area contributed by atoms with Crippen molar-refractivity contribution in [2.75, 3.05) is 25.2 Å². The maximum Gasteiger partial charge on any atom is 0.270 e. The van der Waals surface area contributed by atoms with Gasteiger partial charge in [0.2, 0.25) is 16.7 Å². The number of hydrazone groups is 1. The minimum absolute atomic E-state index is 0.200. The molecule has 0 bridgehead atoms. The molecule has 0 fully saturated rings. The van der Waals surface area contributed by atoms with Crippen molar-refractivity contribution in [1.82, 2.24) is 10.3 Å². The van der Waals surface area contributed by atoms with Crippen LogP contribution in [0.2, 0.25) is 0 Å². The van der Waals surface area contributed by atoms with E-state index in [1.807, 2.05) is 37.3 Å². The van der Waals surface area contributed by atoms with E-state index in [0.717, 1.165) is 22.3 Å². The van der Waals surface area contributed by atoms with Crippen LogP contribution in [0, 0.1) is 6.92 Å². The highest BCUT2D eigenvalue weighted by Crippen LogP contribution is 2.55. The molecule has 33 heavy (non-hydrogen) atoms. The molecule has 4 rings (SSSR count). The van der Waals surface area contributed by atoms with Gasteiger partial charge >= 0.3 is 0 Å². The Balaban J connectivity index is 1.67. The first-order chi connectivity index (χ1) is 15.8. The summed E-state index contributed by atoms with van der Waals surface area (Å²) < 4.78 is 11.2. The molecule has 1 atom stereocenters. The second kappa shape index (κ2) is 8.78. The molecule has 2 aliphatic rings. The third-order valence-corrected chi connectivity index (χ3v) is 6.60. The number of para-hydroxylation sites is 3. The number of rotatable bonds is 5. The van der Waals surface area contributed by atoms with Gasteiger partial charge < -0.3 is 19.7 Å². The number of benzene rings is 2. The minimum atomic E-state index is -1.42. The lowest BCUT2D eigenvalue weighted by Crippen LogP contribution is -2.49. The summed E-state index contributed by atoms with van der Waals surface area (Å²) in [7, 11) is 1.57. The second-order valence-corrected chi connectivity index (χ2v) is 8.77. The van der Waals surface area contributed by atoms with E-state index in [9.17, 15) is 14.4 Å². The number of amidine groups is 1. The average Bonchev–Trinajstić information content (AvgIpc) is 3.26. The Morgan fingerprint density at radius 2 is 1.85 bits per heavy atom. The molecular formula is C23H24N4O5S. The fourth-order valence-corrected chi connectivity index (χ4v) is 5.38. The van der Waals surface area contributed by atoms with Crippen LogP contribution in [0.1, 0.15) is 25.0 Å². The van der Waals surface area contributed by atoms with Crippen LogP contribution in [0.5, 0.6) is 11.5 Å². The molecule has 0 aliphatic carbocycles. The minimum Gasteiger partial charge on any atom is -0.493 e. The van der Waals surface area contributed by atoms with Gasteiger partial charge in [0.05, 0.1) is 19.3 Å². The molecule has 2 aromatic carbocycles. The summed E-state index contributed by atoms with van der Waals surface area (Å²) in [5.41, 5.74) is 2.24. The number of aryl methyl sites for hydroxylation is 1. The summed E-state index contributed by atoms with van der Waals surface area (Å²) in [6, 6.07) is 12.8. The highest BCUT2D eigenvalue weighted by atomic mass is 32.2. The lowest BCUT2D eigenvalue weighted by atomic mass is 10.0. The normalized spacial score (nSPS) is 18.9. The zero-order chi connectivity index (χ0) is 23.8. The molecule has 0 saturated heterocycles. The molecule has 9 nitrogen and oxygen atoms in total. The Bertz CT molecular complexity index is 1170. The van der Waals surface area contributed by atoms with Gasteiger partial charge in [-0.25, -0.2) is 0 Å². The Morgan fingerprint density at radius 1 is 1.12 bits per heavy atom. The van der Waals surface area contributed by atoms with E-state index in [2.05, 4.69) is 10.4 Å². The van der Waals surface area contributed by atoms with Crippen LogP contribution < -0.4 is 19.7 Å². The van der Waals surface area contributed by atoms with Gasteiger partial charge in [-0.2, -0.15) is 5.01 Å². The van der Waals surface area contributed by atoms with E-state index in [1.165, 1.54) is 13.8 Å². The molecule has 3 amide bonds. The first kappa shape index (κ1) is 22.7. The van der Waals surface area contributed by atoms with Crippen molar-refractivity contribution in [2.45, 2.75) is 25.6 Å². The number of nitrogens with zero attached hydrogens (tertiary/aromatic N) is 3. The largest absolute Gasteiger partial charge is 0.493 e. The summed E-state index contributed by atoms with van der Waals surface area (Å²) in [5.74, 6) is 0.110. The van der Waals surface area contributed by atoms with Gasteiger partial charge in [-0.3, -0.25) is 14.4 Å². The molecule has 2 heterocycles. The average molecular weight is 469 g/mol. The number of carbonyl (C=O) groups excluding carboxylic acids is 3. The molecule has 0 radical (unpaired) electrons. The SMILES string of the molecule is COc1ccccc1OCCN1C(=O)C2(SC(NC(C)=O)=NN2C(C)=O)c2cccc(C)c21. The zero-order valence-corrected chi connectivity index (χ0v) is 19.6. The molecule has 1 unspecified atom stereocenters. The number of anilines is 1. The van der Waals surface area contributed by atoms with Gasteiger partial charge in [0, 0.05) is 19.4 Å². The first-order valence-electron chi connectivity index (χ1n) is 10.3. The van der Waals surface area contributed by atoms with Gasteiger partial charge in [-0.05, 0) is 36.4 Å². The Labute approximate surface area is 195 Å². The van der Waals surface area contributed by atoms with E-state index >= 15 is 0 Å². The van der Waals surface area contributed by atoms with Crippen LogP contribution in [-0.2, 0) is 19.3 Å². The van der Waals surface area contributed by atoms with E-state index in [4.69, 9.17) is 9.47 Å². The van der Waals surface area contributed by atoms with Gasteiger partial charge in [0.1, 0.15) is 6.61 Å². The van der Waals surface area contributed by atoms with E-state index < -0.39 is 10.8 Å². The second-order valence-electron chi connectivity index (χ2n) is 7.59. The monoisotopic (exact) mass is 468 g/mol. The van der Waals surface area contributed by atoms with Crippen LogP contribution in [-0.4, -0.2) is 48.2 Å². The predicted octanol–water partition coefficient (Wildman–Crippen LogP) is 2.58. The maximum absolute atomic E-state index is 13.9. The number of methoxy groups -OCH3 is 1. The number of hydrogen-bond donors (Lipinski definition) is 1. The Morgan fingerprint density at radius 3 is 2.52 bits per heavy atom. The van der Waals surface area contributed by atoms with Crippen LogP contribution in [0.3, 0.4) is 0 Å². The number of carbonyl (C=O) groups is 3. The number of amides is 3. The van der Waals surface area contributed by atoms with Gasteiger partial charge in [0.15, 0.2) is 16.7 Å². The Hall–Kier alpha value is -3.53. The third-order valence-electron chi connectivity index (χ3n) is 5.36. The highest BCUT2D eigenvalue weighted by molar-refractivity contribution is 8.15. The van der Waals surface area contributed by atoms with Crippen molar-refractivity contribution < 1.29 is 23.9 Å². The van der Waals surface area contributed by atoms with Crippen molar-refractivity contribution >= 4 is 40.3 Å². The fraction of sp³-hybridized carbons (Fsp3) is 0.304. The van der Waals surface area contributed by atoms with Crippen molar-refractivity contribution in [1.29, 1.82) is 0 Å². The van der Waals surface area contributed by atoms with E-state index in [-0.39, 0.29) is 30.1 Å². The fourth-order valence-electron chi connectivity index (χ4n) is 4.05. The van der Waals surface area contributed by atoms with Crippen LogP contribution in [0.4, 0.5) is 5.69 Å². The quantitative estimate of drug-likeness (QED) is 0.724. The standard InChI is InChI=1S/C23H24N4O5S/c1-14-8-7-9-17-20(14)26(12-13-32-19-11-6-5-10-18(19)31-4)21(30)23(17)27(16(3)29)25-22(33-23)24-15(2)28/h5-11H,12-13H2,1-4H3,(H,24,25,28). The predicted molar refractivity (Wildman–Crippen MR) is 125 cm³/mol. The number of nitrogens with one attached hydrogen (secondary N) is 1. The molecule has 1 N–H and O–H groups in total. The zero-order valence-electron chi connectivity index (χ0n) is 18.7. The Kier molecular flexibility index (Phi) is 6.03. The smallest absolute Gasteiger partial charge is 0.270 e. The van der Waals surface area contributed by atoms with E-state index in [0.29, 0.717) is 22.7 Å². The molecule has 0 saturated carbocycles. The summed E-state index contributed by atoms with van der Waals surface area (Å²) in [6.07, 6.45) is 0. The van der Waals surface area contributed by atoms with Crippen LogP contribution in [0.25, 0.3) is 0 Å². The molecule has 2 aliphatic heterocycles. The summed E-state index contributed by atoms with van der Waals surface area (Å²) >= 11 is 1.06. The van der Waals surface area contributed by atoms with Crippen molar-refractivity contribution in [3.63, 3.8) is 0 Å². The summed E-state index contributed by atoms with van der Waals surface area (Å²) in [4.78, 5) is 38.3. The molecular weight excluding hydrogens is 444 g/mol. The summed E-state index contributed by atoms with van der Waals surface area (Å²) in [6.45, 7) is 5.06. The van der Waals surface area contributed by atoms with Gasteiger partial charge in [0.25, 0.3) is 5.91 Å². The lowest BCUT2D eigenvalue weighted by Gasteiger charge is -2.29. The van der Waals surface area contributed by atoms with Gasteiger partial charge in [-0.1, -0.05) is 30.3 Å². The number of fused-ring (bicyclic) bond motifs is 2. The molecule has 10 heteroatoms. The van der Waals surface area contributed by atoms with Crippen molar-refractivity contribution in [2.24, 2.45) is 5.10 Å². The lowest BCUT2D eigenvalue weighted by molar-refractivity contribution is -0.139. The van der Waals surface area contributed by atoms with Crippen molar-refractivity contribution in [3.05, 3.63) is 53.6 Å². The topological polar surface area (TPSA) is 101 Å². The highest BCUT2D eigenvalue weighted by Gasteiger charge is 2.61. The van der Waals surface area contributed by atoms with Crippen molar-refractivity contribution in [3.8, 4) is 11.5 Å². The molecule has 1 spiro atoms. The number of hydrogen-bond acceptors (Lipinski definition) is 7. The summed E-state index contributed by atoms with van der Waals surface area (Å²) in [5, 5.41) is 8.23. The number of thioether (sulfide) groups is 1. The molecule has 2 aromatic rings. The third kappa shape index (κ3) is 3.80. The van der Waals surface area contributed by atoms with Crippen LogP contribution >= 0.6 is 11.8 Å². The van der Waals surface area contributed by atoms with Gasteiger partial charge in [-0.15, -0.1) is 5.10 Å². The van der Waals surface area contributed by atoms with Crippen LogP contribution in [0.15, 0.2) is 47.6 Å². The maximum atomic E-state index is 13.9. The molecule has 172 valence electrons. The first-order valence-corrected chi connectivity index (χ1v) is 11.1.